The van der Waals surface area contributed by atoms with Crippen LogP contribution in [-0.4, -0.2) is 36.9 Å². The van der Waals surface area contributed by atoms with Gasteiger partial charge in [0.1, 0.15) is 0 Å². The summed E-state index contributed by atoms with van der Waals surface area (Å²) in [6, 6.07) is 0.322. The van der Waals surface area contributed by atoms with E-state index in [0.29, 0.717) is 19.2 Å². The Balaban J connectivity index is 2.28. The molecule has 1 heterocycles. The van der Waals surface area contributed by atoms with E-state index in [4.69, 9.17) is 9.84 Å². The highest BCUT2D eigenvalue weighted by molar-refractivity contribution is 5.73. The van der Waals surface area contributed by atoms with Crippen molar-refractivity contribution in [1.29, 1.82) is 0 Å². The van der Waals surface area contributed by atoms with Crippen molar-refractivity contribution in [2.75, 3.05) is 19.8 Å². The Bertz CT molecular complexity index is 198. The number of hydrogen-bond acceptors (Lipinski definition) is 3. The summed E-state index contributed by atoms with van der Waals surface area (Å²) in [5.41, 5.74) is -0.697. The molecular formula is C10H19NO3. The fourth-order valence-electron chi connectivity index (χ4n) is 1.38. The van der Waals surface area contributed by atoms with Crippen LogP contribution in [0.25, 0.3) is 0 Å². The molecule has 1 rings (SSSR count). The molecule has 4 nitrogen and oxygen atoms in total. The van der Waals surface area contributed by atoms with Gasteiger partial charge in [-0.15, -0.1) is 0 Å². The SMILES string of the molecule is CC(C)(CNC1CCCOC1)C(=O)O. The average molecular weight is 201 g/mol. The first kappa shape index (κ1) is 11.5. The van der Waals surface area contributed by atoms with Crippen molar-refractivity contribution in [3.8, 4) is 0 Å². The van der Waals surface area contributed by atoms with Gasteiger partial charge in [-0.2, -0.15) is 0 Å². The number of carboxylic acids is 1. The van der Waals surface area contributed by atoms with E-state index in [1.54, 1.807) is 13.8 Å². The molecule has 0 amide bonds. The number of rotatable bonds is 4. The molecule has 14 heavy (non-hydrogen) atoms. The highest BCUT2D eigenvalue weighted by Gasteiger charge is 2.28. The molecule has 0 saturated carbocycles. The first-order valence-electron chi connectivity index (χ1n) is 5.07. The Morgan fingerprint density at radius 2 is 2.36 bits per heavy atom. The van der Waals surface area contributed by atoms with Crippen LogP contribution in [0.4, 0.5) is 0 Å². The van der Waals surface area contributed by atoms with Crippen LogP contribution in [0, 0.1) is 5.41 Å². The number of carboxylic acid groups (broad SMARTS) is 1. The zero-order valence-corrected chi connectivity index (χ0v) is 8.88. The van der Waals surface area contributed by atoms with Crippen LogP contribution in [-0.2, 0) is 9.53 Å². The largest absolute Gasteiger partial charge is 0.481 e. The lowest BCUT2D eigenvalue weighted by molar-refractivity contribution is -0.146. The van der Waals surface area contributed by atoms with Gasteiger partial charge in [0.15, 0.2) is 0 Å². The minimum absolute atomic E-state index is 0.322. The molecular weight excluding hydrogens is 182 g/mol. The molecule has 82 valence electrons. The first-order valence-corrected chi connectivity index (χ1v) is 5.07. The van der Waals surface area contributed by atoms with E-state index in [0.717, 1.165) is 19.4 Å². The third-order valence-corrected chi connectivity index (χ3v) is 2.57. The van der Waals surface area contributed by atoms with Gasteiger partial charge >= 0.3 is 5.97 Å². The Morgan fingerprint density at radius 1 is 1.64 bits per heavy atom. The minimum Gasteiger partial charge on any atom is -0.481 e. The number of carbonyl (C=O) groups is 1. The second kappa shape index (κ2) is 4.75. The minimum atomic E-state index is -0.762. The van der Waals surface area contributed by atoms with Gasteiger partial charge in [0, 0.05) is 19.2 Å². The Kier molecular flexibility index (Phi) is 3.89. The van der Waals surface area contributed by atoms with Crippen LogP contribution in [0.15, 0.2) is 0 Å². The summed E-state index contributed by atoms with van der Waals surface area (Å²) in [4.78, 5) is 10.8. The predicted molar refractivity (Wildman–Crippen MR) is 53.3 cm³/mol. The molecule has 0 aromatic carbocycles. The summed E-state index contributed by atoms with van der Waals surface area (Å²) in [7, 11) is 0. The van der Waals surface area contributed by atoms with E-state index in [1.165, 1.54) is 0 Å². The van der Waals surface area contributed by atoms with Crippen molar-refractivity contribution in [1.82, 2.24) is 5.32 Å². The lowest BCUT2D eigenvalue weighted by Gasteiger charge is -2.27. The van der Waals surface area contributed by atoms with Crippen molar-refractivity contribution in [2.45, 2.75) is 32.7 Å². The molecule has 0 spiro atoms. The fraction of sp³-hybridized carbons (Fsp3) is 0.900. The molecule has 0 aromatic rings. The molecule has 0 aliphatic carbocycles. The maximum atomic E-state index is 10.8. The van der Waals surface area contributed by atoms with Gasteiger partial charge in [0.05, 0.1) is 12.0 Å². The van der Waals surface area contributed by atoms with Gasteiger partial charge in [0.25, 0.3) is 0 Å². The smallest absolute Gasteiger partial charge is 0.310 e. The maximum Gasteiger partial charge on any atom is 0.310 e. The normalized spacial score (nSPS) is 23.4. The quantitative estimate of drug-likeness (QED) is 0.708. The summed E-state index contributed by atoms with van der Waals surface area (Å²) in [5.74, 6) is -0.762. The van der Waals surface area contributed by atoms with Crippen LogP contribution in [0.1, 0.15) is 26.7 Å². The Hall–Kier alpha value is -0.610. The Labute approximate surface area is 84.6 Å². The predicted octanol–water partition coefficient (Wildman–Crippen LogP) is 0.866. The van der Waals surface area contributed by atoms with Crippen molar-refractivity contribution in [3.05, 3.63) is 0 Å². The highest BCUT2D eigenvalue weighted by atomic mass is 16.5. The van der Waals surface area contributed by atoms with Crippen molar-refractivity contribution < 1.29 is 14.6 Å². The van der Waals surface area contributed by atoms with Gasteiger partial charge in [-0.3, -0.25) is 4.79 Å². The second-order valence-corrected chi connectivity index (χ2v) is 4.48. The topological polar surface area (TPSA) is 58.6 Å². The van der Waals surface area contributed by atoms with E-state index in [9.17, 15) is 4.79 Å². The monoisotopic (exact) mass is 201 g/mol. The van der Waals surface area contributed by atoms with E-state index >= 15 is 0 Å². The molecule has 1 aliphatic rings. The first-order chi connectivity index (χ1) is 6.52. The molecule has 0 aromatic heterocycles. The summed E-state index contributed by atoms with van der Waals surface area (Å²) in [6.07, 6.45) is 2.14. The molecule has 1 saturated heterocycles. The summed E-state index contributed by atoms with van der Waals surface area (Å²) >= 11 is 0. The molecule has 0 bridgehead atoms. The van der Waals surface area contributed by atoms with Gasteiger partial charge in [-0.1, -0.05) is 0 Å². The summed E-state index contributed by atoms with van der Waals surface area (Å²) < 4.78 is 5.30. The Morgan fingerprint density at radius 3 is 2.86 bits per heavy atom. The zero-order valence-electron chi connectivity index (χ0n) is 8.88. The van der Waals surface area contributed by atoms with Crippen LogP contribution < -0.4 is 5.32 Å². The van der Waals surface area contributed by atoms with Gasteiger partial charge < -0.3 is 15.2 Å². The summed E-state index contributed by atoms with van der Waals surface area (Å²) in [5, 5.41) is 12.1. The van der Waals surface area contributed by atoms with Crippen LogP contribution in [0.3, 0.4) is 0 Å². The molecule has 1 fully saturated rings. The van der Waals surface area contributed by atoms with Crippen LogP contribution in [0.2, 0.25) is 0 Å². The standard InChI is InChI=1S/C10H19NO3/c1-10(2,9(12)13)7-11-8-4-3-5-14-6-8/h8,11H,3-7H2,1-2H3,(H,12,13). The fourth-order valence-corrected chi connectivity index (χ4v) is 1.38. The van der Waals surface area contributed by atoms with Crippen molar-refractivity contribution in [2.24, 2.45) is 5.41 Å². The third kappa shape index (κ3) is 3.27. The van der Waals surface area contributed by atoms with Crippen molar-refractivity contribution in [3.63, 3.8) is 0 Å². The van der Waals surface area contributed by atoms with Gasteiger partial charge in [-0.25, -0.2) is 0 Å². The molecule has 0 radical (unpaired) electrons. The second-order valence-electron chi connectivity index (χ2n) is 4.48. The molecule has 4 heteroatoms. The van der Waals surface area contributed by atoms with E-state index < -0.39 is 11.4 Å². The molecule has 1 atom stereocenters. The average Bonchev–Trinajstić information content (AvgIpc) is 2.16. The van der Waals surface area contributed by atoms with E-state index in [2.05, 4.69) is 5.32 Å². The van der Waals surface area contributed by atoms with E-state index in [-0.39, 0.29) is 0 Å². The summed E-state index contributed by atoms with van der Waals surface area (Å²) in [6.45, 7) is 5.49. The highest BCUT2D eigenvalue weighted by Crippen LogP contribution is 2.15. The molecule has 2 N–H and O–H groups in total. The number of ether oxygens (including phenoxy) is 1. The lowest BCUT2D eigenvalue weighted by atomic mass is 9.93. The van der Waals surface area contributed by atoms with Gasteiger partial charge in [-0.05, 0) is 26.7 Å². The third-order valence-electron chi connectivity index (χ3n) is 2.57. The van der Waals surface area contributed by atoms with E-state index in [1.807, 2.05) is 0 Å². The van der Waals surface area contributed by atoms with Gasteiger partial charge in [0.2, 0.25) is 0 Å². The van der Waals surface area contributed by atoms with Crippen molar-refractivity contribution >= 4 is 5.97 Å². The number of nitrogens with one attached hydrogen (secondary N) is 1. The lowest BCUT2D eigenvalue weighted by Crippen LogP contribution is -2.44. The number of aliphatic carboxylic acids is 1. The zero-order chi connectivity index (χ0) is 10.6. The molecule has 1 aliphatic heterocycles. The maximum absolute atomic E-state index is 10.8. The molecule has 1 unspecified atom stereocenters. The van der Waals surface area contributed by atoms with Crippen LogP contribution >= 0.6 is 0 Å². The number of hydrogen-bond donors (Lipinski definition) is 2. The van der Waals surface area contributed by atoms with Crippen LogP contribution in [0.5, 0.6) is 0 Å².